The maximum Gasteiger partial charge on any atom is 0.338 e. The van der Waals surface area contributed by atoms with E-state index < -0.39 is 11.6 Å². The van der Waals surface area contributed by atoms with Gasteiger partial charge in [-0.3, -0.25) is 0 Å². The molecule has 0 aromatic carbocycles. The second kappa shape index (κ2) is 1.97. The van der Waals surface area contributed by atoms with Gasteiger partial charge in [0.05, 0.1) is 6.10 Å². The van der Waals surface area contributed by atoms with Crippen LogP contribution in [0.2, 0.25) is 0 Å². The van der Waals surface area contributed by atoms with Gasteiger partial charge in [0.15, 0.2) is 5.60 Å². The highest BCUT2D eigenvalue weighted by atomic mass is 16.6. The Balaban J connectivity index is 2.08. The molecule has 0 spiro atoms. The molecule has 62 valence electrons. The van der Waals surface area contributed by atoms with Crippen LogP contribution in [0.3, 0.4) is 0 Å². The van der Waals surface area contributed by atoms with Crippen LogP contribution in [-0.4, -0.2) is 22.8 Å². The van der Waals surface area contributed by atoms with Crippen molar-refractivity contribution in [2.45, 2.75) is 37.9 Å². The lowest BCUT2D eigenvalue weighted by Crippen LogP contribution is -2.31. The summed E-state index contributed by atoms with van der Waals surface area (Å²) in [4.78, 5) is 10.7. The largest absolute Gasteiger partial charge is 0.479 e. The zero-order valence-electron chi connectivity index (χ0n) is 6.54. The molecule has 0 aromatic heterocycles. The van der Waals surface area contributed by atoms with Crippen molar-refractivity contribution in [3.8, 4) is 0 Å². The van der Waals surface area contributed by atoms with Gasteiger partial charge in [-0.2, -0.15) is 0 Å². The molecule has 1 aliphatic heterocycles. The number of hydrogen-bond donors (Lipinski definition) is 1. The van der Waals surface area contributed by atoms with E-state index in [2.05, 4.69) is 6.92 Å². The Morgan fingerprint density at radius 1 is 1.73 bits per heavy atom. The molecule has 3 heteroatoms. The zero-order valence-corrected chi connectivity index (χ0v) is 6.54. The third-order valence-corrected chi connectivity index (χ3v) is 2.80. The number of rotatable bonds is 1. The maximum atomic E-state index is 10.7. The van der Waals surface area contributed by atoms with E-state index >= 15 is 0 Å². The maximum absolute atomic E-state index is 10.7. The number of epoxide rings is 1. The molecule has 0 aromatic rings. The number of ether oxygens (including phenoxy) is 1. The summed E-state index contributed by atoms with van der Waals surface area (Å²) in [6.07, 6.45) is 2.63. The summed E-state index contributed by atoms with van der Waals surface area (Å²) in [6.45, 7) is 2.15. The molecule has 0 bridgehead atoms. The summed E-state index contributed by atoms with van der Waals surface area (Å²) in [6, 6.07) is 0. The van der Waals surface area contributed by atoms with E-state index in [1.807, 2.05) is 0 Å². The van der Waals surface area contributed by atoms with Crippen LogP contribution in [0.4, 0.5) is 0 Å². The standard InChI is InChI=1S/C8H12O3/c1-5-2-3-8(7(9)10)6(4-5)11-8/h5-6H,2-4H2,1H3,(H,9,10). The number of carboxylic acid groups (broad SMARTS) is 1. The fourth-order valence-corrected chi connectivity index (χ4v) is 1.92. The molecular weight excluding hydrogens is 144 g/mol. The van der Waals surface area contributed by atoms with Crippen LogP contribution < -0.4 is 0 Å². The van der Waals surface area contributed by atoms with Gasteiger partial charge < -0.3 is 9.84 Å². The highest BCUT2D eigenvalue weighted by Crippen LogP contribution is 2.49. The van der Waals surface area contributed by atoms with Crippen molar-refractivity contribution in [3.05, 3.63) is 0 Å². The molecular formula is C8H12O3. The van der Waals surface area contributed by atoms with E-state index in [-0.39, 0.29) is 6.10 Å². The van der Waals surface area contributed by atoms with E-state index in [0.717, 1.165) is 12.8 Å². The van der Waals surface area contributed by atoms with Crippen LogP contribution >= 0.6 is 0 Å². The highest BCUT2D eigenvalue weighted by molar-refractivity contribution is 5.81. The third-order valence-electron chi connectivity index (χ3n) is 2.80. The molecule has 3 atom stereocenters. The molecule has 3 unspecified atom stereocenters. The first kappa shape index (κ1) is 7.10. The summed E-state index contributed by atoms with van der Waals surface area (Å²) >= 11 is 0. The van der Waals surface area contributed by atoms with Crippen molar-refractivity contribution >= 4 is 5.97 Å². The zero-order chi connectivity index (χ0) is 8.06. The summed E-state index contributed by atoms with van der Waals surface area (Å²) in [5.41, 5.74) is -0.757. The predicted octanol–water partition coefficient (Wildman–Crippen LogP) is 1.03. The quantitative estimate of drug-likeness (QED) is 0.577. The molecule has 2 fully saturated rings. The van der Waals surface area contributed by atoms with Crippen LogP contribution in [0.25, 0.3) is 0 Å². The highest BCUT2D eigenvalue weighted by Gasteiger charge is 2.64. The molecule has 0 radical (unpaired) electrons. The van der Waals surface area contributed by atoms with E-state index in [1.54, 1.807) is 0 Å². The minimum absolute atomic E-state index is 0.0174. The van der Waals surface area contributed by atoms with Gasteiger partial charge in [0.2, 0.25) is 0 Å². The Hall–Kier alpha value is -0.570. The summed E-state index contributed by atoms with van der Waals surface area (Å²) in [7, 11) is 0. The Labute approximate surface area is 65.4 Å². The van der Waals surface area contributed by atoms with Crippen molar-refractivity contribution in [2.75, 3.05) is 0 Å². The van der Waals surface area contributed by atoms with Gasteiger partial charge in [-0.25, -0.2) is 4.79 Å². The second-order valence-electron chi connectivity index (χ2n) is 3.68. The van der Waals surface area contributed by atoms with Gasteiger partial charge in [-0.05, 0) is 25.2 Å². The molecule has 1 heterocycles. The minimum Gasteiger partial charge on any atom is -0.479 e. The first-order chi connectivity index (χ1) is 5.15. The molecule has 1 saturated heterocycles. The van der Waals surface area contributed by atoms with E-state index in [4.69, 9.17) is 9.84 Å². The van der Waals surface area contributed by atoms with Crippen LogP contribution in [-0.2, 0) is 9.53 Å². The minimum atomic E-state index is -0.769. The van der Waals surface area contributed by atoms with Gasteiger partial charge in [0, 0.05) is 0 Å². The van der Waals surface area contributed by atoms with E-state index in [9.17, 15) is 4.79 Å². The first-order valence-corrected chi connectivity index (χ1v) is 4.06. The number of carbonyl (C=O) groups is 1. The molecule has 3 nitrogen and oxygen atoms in total. The van der Waals surface area contributed by atoms with Crippen LogP contribution in [0.5, 0.6) is 0 Å². The van der Waals surface area contributed by atoms with Crippen LogP contribution in [0, 0.1) is 5.92 Å². The van der Waals surface area contributed by atoms with Crippen molar-refractivity contribution in [1.82, 2.24) is 0 Å². The Morgan fingerprint density at radius 2 is 2.45 bits per heavy atom. The van der Waals surface area contributed by atoms with Crippen LogP contribution in [0.15, 0.2) is 0 Å². The van der Waals surface area contributed by atoms with Gasteiger partial charge in [0.25, 0.3) is 0 Å². The van der Waals surface area contributed by atoms with Gasteiger partial charge in [-0.15, -0.1) is 0 Å². The molecule has 0 amide bonds. The Bertz CT molecular complexity index is 202. The van der Waals surface area contributed by atoms with E-state index in [1.165, 1.54) is 0 Å². The second-order valence-corrected chi connectivity index (χ2v) is 3.68. The van der Waals surface area contributed by atoms with Crippen molar-refractivity contribution in [1.29, 1.82) is 0 Å². The number of fused-ring (bicyclic) bond motifs is 1. The average Bonchev–Trinajstić information content (AvgIpc) is 2.62. The molecule has 2 rings (SSSR count). The fourth-order valence-electron chi connectivity index (χ4n) is 1.92. The monoisotopic (exact) mass is 156 g/mol. The van der Waals surface area contributed by atoms with Crippen molar-refractivity contribution in [3.63, 3.8) is 0 Å². The lowest BCUT2D eigenvalue weighted by Gasteiger charge is -2.17. The van der Waals surface area contributed by atoms with Gasteiger partial charge >= 0.3 is 5.97 Å². The number of hydrogen-bond acceptors (Lipinski definition) is 2. The van der Waals surface area contributed by atoms with Gasteiger partial charge in [0.1, 0.15) is 0 Å². The SMILES string of the molecule is CC1CCC2(C(=O)O)OC2C1. The lowest BCUT2D eigenvalue weighted by atomic mass is 9.83. The predicted molar refractivity (Wildman–Crippen MR) is 38.3 cm³/mol. The Morgan fingerprint density at radius 3 is 3.00 bits per heavy atom. The third kappa shape index (κ3) is 0.872. The average molecular weight is 156 g/mol. The summed E-state index contributed by atoms with van der Waals surface area (Å²) in [5, 5.41) is 8.80. The van der Waals surface area contributed by atoms with Crippen LogP contribution in [0.1, 0.15) is 26.2 Å². The molecule has 1 saturated carbocycles. The molecule has 1 N–H and O–H groups in total. The summed E-state index contributed by atoms with van der Waals surface area (Å²) in [5.74, 6) is -0.135. The lowest BCUT2D eigenvalue weighted by molar-refractivity contribution is -0.143. The molecule has 1 aliphatic carbocycles. The number of aliphatic carboxylic acids is 1. The molecule has 11 heavy (non-hydrogen) atoms. The summed E-state index contributed by atoms with van der Waals surface area (Å²) < 4.78 is 5.20. The molecule has 2 aliphatic rings. The fraction of sp³-hybridized carbons (Fsp3) is 0.875. The van der Waals surface area contributed by atoms with Gasteiger partial charge in [-0.1, -0.05) is 6.92 Å². The van der Waals surface area contributed by atoms with Crippen molar-refractivity contribution in [2.24, 2.45) is 5.92 Å². The normalized spacial score (nSPS) is 48.1. The number of carboxylic acids is 1. The van der Waals surface area contributed by atoms with E-state index in [0.29, 0.717) is 12.3 Å². The Kier molecular flexibility index (Phi) is 1.27. The topological polar surface area (TPSA) is 49.8 Å². The van der Waals surface area contributed by atoms with Crippen molar-refractivity contribution < 1.29 is 14.6 Å². The first-order valence-electron chi connectivity index (χ1n) is 4.06. The smallest absolute Gasteiger partial charge is 0.338 e.